The smallest absolute Gasteiger partial charge is 0.307 e. The summed E-state index contributed by atoms with van der Waals surface area (Å²) >= 11 is 5.69. The molecule has 0 aromatic carbocycles. The number of halogens is 1. The number of anilines is 1. The Bertz CT molecular complexity index is 351. The van der Waals surface area contributed by atoms with Crippen molar-refractivity contribution in [3.05, 3.63) is 17.0 Å². The zero-order chi connectivity index (χ0) is 12.0. The number of carbonyl (C=O) groups excluding carboxylic acids is 1. The number of nitrogens with zero attached hydrogens (tertiary/aromatic N) is 2. The van der Waals surface area contributed by atoms with E-state index in [2.05, 4.69) is 15.3 Å². The third-order valence-corrected chi connectivity index (χ3v) is 1.94. The van der Waals surface area contributed by atoms with E-state index in [1.165, 1.54) is 0 Å². The van der Waals surface area contributed by atoms with Gasteiger partial charge in [0.2, 0.25) is 5.28 Å². The third-order valence-electron chi connectivity index (χ3n) is 1.77. The van der Waals surface area contributed by atoms with E-state index in [4.69, 9.17) is 16.3 Å². The van der Waals surface area contributed by atoms with E-state index in [-0.39, 0.29) is 11.3 Å². The zero-order valence-corrected chi connectivity index (χ0v) is 10.0. The number of hydrogen-bond acceptors (Lipinski definition) is 5. The first-order chi connectivity index (χ1) is 7.61. The molecule has 1 rings (SSSR count). The van der Waals surface area contributed by atoms with Crippen LogP contribution >= 0.6 is 11.6 Å². The molecule has 16 heavy (non-hydrogen) atoms. The Morgan fingerprint density at radius 2 is 2.31 bits per heavy atom. The predicted molar refractivity (Wildman–Crippen MR) is 61.5 cm³/mol. The highest BCUT2D eigenvalue weighted by Gasteiger charge is 2.03. The van der Waals surface area contributed by atoms with Crippen LogP contribution in [0.1, 0.15) is 19.0 Å². The maximum absolute atomic E-state index is 11.0. The molecule has 0 saturated carbocycles. The summed E-state index contributed by atoms with van der Waals surface area (Å²) < 4.78 is 4.79. The van der Waals surface area contributed by atoms with Crippen molar-refractivity contribution in [3.8, 4) is 0 Å². The summed E-state index contributed by atoms with van der Waals surface area (Å²) in [4.78, 5) is 18.9. The van der Waals surface area contributed by atoms with Gasteiger partial charge in [-0.1, -0.05) is 0 Å². The number of rotatable bonds is 5. The molecule has 1 N–H and O–H groups in total. The van der Waals surface area contributed by atoms with Gasteiger partial charge in [-0.2, -0.15) is 0 Å². The van der Waals surface area contributed by atoms with Gasteiger partial charge < -0.3 is 10.1 Å². The molecule has 1 aromatic heterocycles. The summed E-state index contributed by atoms with van der Waals surface area (Å²) in [5, 5.41) is 3.17. The van der Waals surface area contributed by atoms with Crippen LogP contribution in [-0.2, 0) is 9.53 Å². The van der Waals surface area contributed by atoms with Gasteiger partial charge in [-0.05, 0) is 25.4 Å². The molecule has 88 valence electrons. The van der Waals surface area contributed by atoms with Crippen molar-refractivity contribution in [3.63, 3.8) is 0 Å². The van der Waals surface area contributed by atoms with E-state index >= 15 is 0 Å². The first-order valence-electron chi connectivity index (χ1n) is 5.02. The molecule has 0 aliphatic heterocycles. The number of aromatic nitrogens is 2. The number of esters is 1. The van der Waals surface area contributed by atoms with E-state index < -0.39 is 0 Å². The first kappa shape index (κ1) is 12.7. The fraction of sp³-hybridized carbons (Fsp3) is 0.500. The minimum atomic E-state index is -0.230. The molecule has 0 spiro atoms. The fourth-order valence-corrected chi connectivity index (χ4v) is 1.37. The second-order valence-electron chi connectivity index (χ2n) is 3.15. The van der Waals surface area contributed by atoms with Crippen LogP contribution in [0.15, 0.2) is 6.07 Å². The number of carbonyl (C=O) groups is 1. The minimum Gasteiger partial charge on any atom is -0.466 e. The van der Waals surface area contributed by atoms with E-state index in [1.807, 2.05) is 6.92 Å². The van der Waals surface area contributed by atoms with Crippen LogP contribution in [0.25, 0.3) is 0 Å². The van der Waals surface area contributed by atoms with Gasteiger partial charge >= 0.3 is 5.97 Å². The summed E-state index contributed by atoms with van der Waals surface area (Å²) in [6.45, 7) is 4.46. The molecule has 0 amide bonds. The second kappa shape index (κ2) is 6.27. The zero-order valence-electron chi connectivity index (χ0n) is 9.29. The molecule has 1 heterocycles. The van der Waals surface area contributed by atoms with Crippen LogP contribution < -0.4 is 5.32 Å². The van der Waals surface area contributed by atoms with Gasteiger partial charge in [-0.3, -0.25) is 4.79 Å². The highest BCUT2D eigenvalue weighted by atomic mass is 35.5. The van der Waals surface area contributed by atoms with Crippen LogP contribution in [0.2, 0.25) is 5.28 Å². The van der Waals surface area contributed by atoms with E-state index in [0.717, 1.165) is 5.69 Å². The molecular weight excluding hydrogens is 230 g/mol. The Hall–Kier alpha value is -1.36. The van der Waals surface area contributed by atoms with Crippen molar-refractivity contribution in [2.24, 2.45) is 0 Å². The number of nitrogens with one attached hydrogen (secondary N) is 1. The molecule has 0 bridgehead atoms. The molecule has 1 aromatic rings. The molecule has 0 radical (unpaired) electrons. The highest BCUT2D eigenvalue weighted by Crippen LogP contribution is 2.09. The maximum atomic E-state index is 11.0. The second-order valence-corrected chi connectivity index (χ2v) is 3.48. The number of hydrogen-bond donors (Lipinski definition) is 1. The predicted octanol–water partition coefficient (Wildman–Crippen LogP) is 1.80. The van der Waals surface area contributed by atoms with Gasteiger partial charge in [0, 0.05) is 18.3 Å². The van der Waals surface area contributed by atoms with Crippen LogP contribution in [0.4, 0.5) is 5.82 Å². The summed E-state index contributed by atoms with van der Waals surface area (Å²) in [5.74, 6) is 0.383. The van der Waals surface area contributed by atoms with Crippen molar-refractivity contribution >= 4 is 23.4 Å². The maximum Gasteiger partial charge on any atom is 0.307 e. The van der Waals surface area contributed by atoms with Crippen LogP contribution in [0.3, 0.4) is 0 Å². The normalized spacial score (nSPS) is 9.94. The molecule has 0 fully saturated rings. The Morgan fingerprint density at radius 3 is 2.94 bits per heavy atom. The quantitative estimate of drug-likeness (QED) is 0.631. The molecule has 0 saturated heterocycles. The SMILES string of the molecule is CCOC(=O)CCNc1cc(C)nc(Cl)n1. The van der Waals surface area contributed by atoms with E-state index in [1.54, 1.807) is 13.0 Å². The van der Waals surface area contributed by atoms with Crippen LogP contribution in [-0.4, -0.2) is 29.1 Å². The summed E-state index contributed by atoms with van der Waals surface area (Å²) in [5.41, 5.74) is 0.777. The number of aryl methyl sites for hydroxylation is 1. The Balaban J connectivity index is 2.40. The molecule has 0 aliphatic carbocycles. The van der Waals surface area contributed by atoms with Crippen molar-refractivity contribution in [1.29, 1.82) is 0 Å². The summed E-state index contributed by atoms with van der Waals surface area (Å²) in [6.07, 6.45) is 0.300. The van der Waals surface area contributed by atoms with Crippen LogP contribution in [0, 0.1) is 6.92 Å². The Labute approximate surface area is 99.2 Å². The first-order valence-corrected chi connectivity index (χ1v) is 5.40. The average Bonchev–Trinajstić information content (AvgIpc) is 2.16. The van der Waals surface area contributed by atoms with Crippen molar-refractivity contribution in [2.75, 3.05) is 18.5 Å². The lowest BCUT2D eigenvalue weighted by molar-refractivity contribution is -0.142. The van der Waals surface area contributed by atoms with E-state index in [0.29, 0.717) is 25.4 Å². The average molecular weight is 244 g/mol. The van der Waals surface area contributed by atoms with Gasteiger partial charge in [0.15, 0.2) is 0 Å². The lowest BCUT2D eigenvalue weighted by atomic mass is 10.4. The minimum absolute atomic E-state index is 0.193. The Morgan fingerprint density at radius 1 is 1.56 bits per heavy atom. The van der Waals surface area contributed by atoms with Crippen molar-refractivity contribution in [1.82, 2.24) is 9.97 Å². The van der Waals surface area contributed by atoms with Gasteiger partial charge in [0.25, 0.3) is 0 Å². The molecule has 6 heteroatoms. The van der Waals surface area contributed by atoms with Gasteiger partial charge in [-0.25, -0.2) is 9.97 Å². The third kappa shape index (κ3) is 4.44. The van der Waals surface area contributed by atoms with E-state index in [9.17, 15) is 4.79 Å². The standard InChI is InChI=1S/C10H14ClN3O2/c1-3-16-9(15)4-5-12-8-6-7(2)13-10(11)14-8/h6H,3-5H2,1-2H3,(H,12,13,14). The lowest BCUT2D eigenvalue weighted by Crippen LogP contribution is -2.12. The largest absolute Gasteiger partial charge is 0.466 e. The van der Waals surface area contributed by atoms with Gasteiger partial charge in [0.05, 0.1) is 13.0 Å². The van der Waals surface area contributed by atoms with Gasteiger partial charge in [-0.15, -0.1) is 0 Å². The molecule has 5 nitrogen and oxygen atoms in total. The highest BCUT2D eigenvalue weighted by molar-refractivity contribution is 6.28. The molecule has 0 atom stereocenters. The fourth-order valence-electron chi connectivity index (χ4n) is 1.15. The lowest BCUT2D eigenvalue weighted by Gasteiger charge is -2.06. The number of ether oxygens (including phenoxy) is 1. The van der Waals surface area contributed by atoms with Crippen LogP contribution in [0.5, 0.6) is 0 Å². The Kier molecular flexibility index (Phi) is 4.98. The topological polar surface area (TPSA) is 64.1 Å². The van der Waals surface area contributed by atoms with Crippen molar-refractivity contribution in [2.45, 2.75) is 20.3 Å². The molecule has 0 aliphatic rings. The summed E-state index contributed by atoms with van der Waals surface area (Å²) in [7, 11) is 0. The van der Waals surface area contributed by atoms with Gasteiger partial charge in [0.1, 0.15) is 5.82 Å². The van der Waals surface area contributed by atoms with Crippen molar-refractivity contribution < 1.29 is 9.53 Å². The monoisotopic (exact) mass is 243 g/mol. The molecular formula is C10H14ClN3O2. The summed E-state index contributed by atoms with van der Waals surface area (Å²) in [6, 6.07) is 1.76. The molecule has 0 unspecified atom stereocenters.